The molecule has 0 saturated heterocycles. The fourth-order valence-corrected chi connectivity index (χ4v) is 1.72. The van der Waals surface area contributed by atoms with Crippen LogP contribution in [0.3, 0.4) is 0 Å². The third-order valence-corrected chi connectivity index (χ3v) is 3.52. The maximum Gasteiger partial charge on any atom is 0.196 e. The van der Waals surface area contributed by atoms with Crippen molar-refractivity contribution in [1.29, 1.82) is 0 Å². The third kappa shape index (κ3) is 2.96. The second-order valence-corrected chi connectivity index (χ2v) is 4.44. The van der Waals surface area contributed by atoms with E-state index in [1.807, 2.05) is 13.8 Å². The zero-order chi connectivity index (χ0) is 13.8. The SMILES string of the molecule is CCC(CC)(CO)CNc1ccc(F)c(F)c1F. The van der Waals surface area contributed by atoms with E-state index in [2.05, 4.69) is 5.32 Å². The largest absolute Gasteiger partial charge is 0.396 e. The molecule has 1 aromatic carbocycles. The lowest BCUT2D eigenvalue weighted by atomic mass is 9.83. The number of hydrogen-bond acceptors (Lipinski definition) is 2. The van der Waals surface area contributed by atoms with E-state index in [1.54, 1.807) is 0 Å². The first kappa shape index (κ1) is 14.8. The molecule has 1 aromatic rings. The monoisotopic (exact) mass is 261 g/mol. The maximum atomic E-state index is 13.4. The third-order valence-electron chi connectivity index (χ3n) is 3.52. The molecule has 18 heavy (non-hydrogen) atoms. The summed E-state index contributed by atoms with van der Waals surface area (Å²) < 4.78 is 39.2. The van der Waals surface area contributed by atoms with Crippen LogP contribution in [-0.2, 0) is 0 Å². The highest BCUT2D eigenvalue weighted by molar-refractivity contribution is 5.45. The van der Waals surface area contributed by atoms with Gasteiger partial charge < -0.3 is 10.4 Å². The van der Waals surface area contributed by atoms with Crippen molar-refractivity contribution in [2.75, 3.05) is 18.5 Å². The Bertz CT molecular complexity index is 397. The van der Waals surface area contributed by atoms with Gasteiger partial charge in [-0.1, -0.05) is 13.8 Å². The minimum Gasteiger partial charge on any atom is -0.396 e. The Balaban J connectivity index is 2.83. The highest BCUT2D eigenvalue weighted by atomic mass is 19.2. The number of aliphatic hydroxyl groups excluding tert-OH is 1. The van der Waals surface area contributed by atoms with Gasteiger partial charge in [0.1, 0.15) is 0 Å². The van der Waals surface area contributed by atoms with Crippen LogP contribution in [0.25, 0.3) is 0 Å². The summed E-state index contributed by atoms with van der Waals surface area (Å²) in [5.74, 6) is -3.92. The Hall–Kier alpha value is -1.23. The molecule has 0 bridgehead atoms. The van der Waals surface area contributed by atoms with Crippen LogP contribution in [0.15, 0.2) is 12.1 Å². The molecule has 0 aliphatic heterocycles. The molecule has 0 aromatic heterocycles. The van der Waals surface area contributed by atoms with Crippen LogP contribution in [0.1, 0.15) is 26.7 Å². The van der Waals surface area contributed by atoms with Gasteiger partial charge in [-0.2, -0.15) is 0 Å². The lowest BCUT2D eigenvalue weighted by molar-refractivity contribution is 0.127. The molecule has 0 unspecified atom stereocenters. The van der Waals surface area contributed by atoms with Crippen LogP contribution in [0.5, 0.6) is 0 Å². The Morgan fingerprint density at radius 2 is 1.72 bits per heavy atom. The summed E-state index contributed by atoms with van der Waals surface area (Å²) in [7, 11) is 0. The predicted molar refractivity (Wildman–Crippen MR) is 64.9 cm³/mol. The number of nitrogens with one attached hydrogen (secondary N) is 1. The maximum absolute atomic E-state index is 13.4. The highest BCUT2D eigenvalue weighted by Crippen LogP contribution is 2.27. The van der Waals surface area contributed by atoms with Crippen LogP contribution in [0.2, 0.25) is 0 Å². The number of benzene rings is 1. The van der Waals surface area contributed by atoms with Gasteiger partial charge in [0.25, 0.3) is 0 Å². The first-order valence-corrected chi connectivity index (χ1v) is 5.98. The fraction of sp³-hybridized carbons (Fsp3) is 0.538. The van der Waals surface area contributed by atoms with Crippen LogP contribution in [0.4, 0.5) is 18.9 Å². The average Bonchev–Trinajstić information content (AvgIpc) is 2.40. The zero-order valence-electron chi connectivity index (χ0n) is 10.6. The van der Waals surface area contributed by atoms with Crippen molar-refractivity contribution in [3.05, 3.63) is 29.6 Å². The van der Waals surface area contributed by atoms with E-state index in [0.717, 1.165) is 12.1 Å². The molecule has 0 heterocycles. The molecule has 0 atom stereocenters. The fourth-order valence-electron chi connectivity index (χ4n) is 1.72. The molecule has 102 valence electrons. The minimum atomic E-state index is -1.48. The topological polar surface area (TPSA) is 32.3 Å². The zero-order valence-corrected chi connectivity index (χ0v) is 10.6. The summed E-state index contributed by atoms with van der Waals surface area (Å²) in [6.07, 6.45) is 1.41. The van der Waals surface area contributed by atoms with E-state index in [-0.39, 0.29) is 17.7 Å². The van der Waals surface area contributed by atoms with Gasteiger partial charge in [-0.3, -0.25) is 0 Å². The van der Waals surface area contributed by atoms with E-state index in [9.17, 15) is 18.3 Å². The van der Waals surface area contributed by atoms with Crippen molar-refractivity contribution < 1.29 is 18.3 Å². The average molecular weight is 261 g/mol. The van der Waals surface area contributed by atoms with Crippen LogP contribution in [0, 0.1) is 22.9 Å². The first-order valence-electron chi connectivity index (χ1n) is 5.98. The van der Waals surface area contributed by atoms with E-state index in [4.69, 9.17) is 0 Å². The second kappa shape index (κ2) is 6.09. The van der Waals surface area contributed by atoms with E-state index in [1.165, 1.54) is 0 Å². The van der Waals surface area contributed by atoms with Crippen molar-refractivity contribution >= 4 is 5.69 Å². The number of rotatable bonds is 6. The van der Waals surface area contributed by atoms with Gasteiger partial charge in [0.05, 0.1) is 12.3 Å². The van der Waals surface area contributed by atoms with Gasteiger partial charge in [0.15, 0.2) is 17.5 Å². The van der Waals surface area contributed by atoms with E-state index >= 15 is 0 Å². The summed E-state index contributed by atoms with van der Waals surface area (Å²) in [6.45, 7) is 4.10. The molecule has 0 radical (unpaired) electrons. The Morgan fingerprint density at radius 3 is 2.22 bits per heavy atom. The molecule has 0 fully saturated rings. The van der Waals surface area contributed by atoms with Crippen LogP contribution < -0.4 is 5.32 Å². The van der Waals surface area contributed by atoms with Crippen molar-refractivity contribution in [3.8, 4) is 0 Å². The molecule has 0 aliphatic rings. The van der Waals surface area contributed by atoms with Gasteiger partial charge in [-0.15, -0.1) is 0 Å². The number of hydrogen-bond donors (Lipinski definition) is 2. The minimum absolute atomic E-state index is 0.0434. The molecule has 0 amide bonds. The summed E-state index contributed by atoms with van der Waals surface area (Å²) >= 11 is 0. The molecular weight excluding hydrogens is 243 g/mol. The normalized spacial score (nSPS) is 11.7. The second-order valence-electron chi connectivity index (χ2n) is 4.44. The quantitative estimate of drug-likeness (QED) is 0.770. The molecular formula is C13H18F3NO. The summed E-state index contributed by atoms with van der Waals surface area (Å²) in [4.78, 5) is 0. The standard InChI is InChI=1S/C13H18F3NO/c1-3-13(4-2,8-18)7-17-10-6-5-9(14)11(15)12(10)16/h5-6,17-18H,3-4,7-8H2,1-2H3. The van der Waals surface area contributed by atoms with Gasteiger partial charge in [0, 0.05) is 12.0 Å². The molecule has 1 rings (SSSR count). The highest BCUT2D eigenvalue weighted by Gasteiger charge is 2.25. The van der Waals surface area contributed by atoms with Gasteiger partial charge in [-0.05, 0) is 25.0 Å². The lowest BCUT2D eigenvalue weighted by Crippen LogP contribution is -2.32. The van der Waals surface area contributed by atoms with Crippen molar-refractivity contribution in [2.24, 2.45) is 5.41 Å². The Kier molecular flexibility index (Phi) is 5.02. The molecule has 0 spiro atoms. The number of aliphatic hydroxyl groups is 1. The molecule has 2 nitrogen and oxygen atoms in total. The van der Waals surface area contributed by atoms with E-state index in [0.29, 0.717) is 19.4 Å². The van der Waals surface area contributed by atoms with Gasteiger partial charge in [-0.25, -0.2) is 13.2 Å². The summed E-state index contributed by atoms with van der Waals surface area (Å²) in [5, 5.41) is 12.1. The van der Waals surface area contributed by atoms with E-state index < -0.39 is 17.5 Å². The molecule has 5 heteroatoms. The van der Waals surface area contributed by atoms with Crippen molar-refractivity contribution in [3.63, 3.8) is 0 Å². The number of halogens is 3. The van der Waals surface area contributed by atoms with Crippen LogP contribution >= 0.6 is 0 Å². The smallest absolute Gasteiger partial charge is 0.196 e. The molecule has 2 N–H and O–H groups in total. The van der Waals surface area contributed by atoms with Gasteiger partial charge in [0.2, 0.25) is 0 Å². The Labute approximate surface area is 105 Å². The van der Waals surface area contributed by atoms with Crippen molar-refractivity contribution in [1.82, 2.24) is 0 Å². The lowest BCUT2D eigenvalue weighted by Gasteiger charge is -2.30. The molecule has 0 saturated carbocycles. The van der Waals surface area contributed by atoms with Crippen molar-refractivity contribution in [2.45, 2.75) is 26.7 Å². The van der Waals surface area contributed by atoms with Crippen LogP contribution in [-0.4, -0.2) is 18.3 Å². The predicted octanol–water partition coefficient (Wildman–Crippen LogP) is 3.31. The summed E-state index contributed by atoms with van der Waals surface area (Å²) in [5.41, 5.74) is -0.467. The number of anilines is 1. The molecule has 0 aliphatic carbocycles. The first-order chi connectivity index (χ1) is 8.49. The van der Waals surface area contributed by atoms with Gasteiger partial charge >= 0.3 is 0 Å². The summed E-state index contributed by atoms with van der Waals surface area (Å²) in [6, 6.07) is 2.03. The Morgan fingerprint density at radius 1 is 1.11 bits per heavy atom.